The number of hydrazine groups is 1. The van der Waals surface area contributed by atoms with E-state index in [-0.39, 0.29) is 5.91 Å². The molecule has 0 radical (unpaired) electrons. The van der Waals surface area contributed by atoms with Gasteiger partial charge < -0.3 is 4.57 Å². The van der Waals surface area contributed by atoms with Crippen molar-refractivity contribution in [2.75, 3.05) is 0 Å². The van der Waals surface area contributed by atoms with Crippen LogP contribution in [0.4, 0.5) is 0 Å². The van der Waals surface area contributed by atoms with Crippen LogP contribution in [-0.4, -0.2) is 10.5 Å². The van der Waals surface area contributed by atoms with Gasteiger partial charge in [-0.15, -0.1) is 0 Å². The number of nitrogens with zero attached hydrogens (tertiary/aromatic N) is 1. The molecule has 0 spiro atoms. The van der Waals surface area contributed by atoms with Gasteiger partial charge in [0.25, 0.3) is 0 Å². The standard InChI is InChI=1S/C13H16ClN3O/c1-13(2,12(18)16-15)8-17-7-6-9-10(14)4-3-5-11(9)17/h3-7H,8,15H2,1-2H3,(H,16,18). The Bertz CT molecular complexity index is 589. The number of nitrogens with two attached hydrogens (primary N) is 1. The summed E-state index contributed by atoms with van der Waals surface area (Å²) < 4.78 is 2.01. The summed E-state index contributed by atoms with van der Waals surface area (Å²) >= 11 is 6.12. The van der Waals surface area contributed by atoms with Gasteiger partial charge in [0.05, 0.1) is 5.41 Å². The Morgan fingerprint density at radius 1 is 1.44 bits per heavy atom. The average Bonchev–Trinajstić information content (AvgIpc) is 2.72. The van der Waals surface area contributed by atoms with E-state index in [1.807, 2.05) is 48.9 Å². The first-order valence-corrected chi connectivity index (χ1v) is 6.08. The van der Waals surface area contributed by atoms with Crippen LogP contribution in [0.3, 0.4) is 0 Å². The van der Waals surface area contributed by atoms with Crippen molar-refractivity contribution in [1.82, 2.24) is 9.99 Å². The van der Waals surface area contributed by atoms with Gasteiger partial charge in [-0.1, -0.05) is 17.7 Å². The van der Waals surface area contributed by atoms with Gasteiger partial charge in [0.1, 0.15) is 0 Å². The van der Waals surface area contributed by atoms with Gasteiger partial charge in [-0.3, -0.25) is 10.2 Å². The second-order valence-corrected chi connectivity index (χ2v) is 5.38. The molecule has 0 fully saturated rings. The summed E-state index contributed by atoms with van der Waals surface area (Å²) in [7, 11) is 0. The molecule has 5 heteroatoms. The maximum atomic E-state index is 11.7. The number of fused-ring (bicyclic) bond motifs is 1. The van der Waals surface area contributed by atoms with Crippen LogP contribution in [0.25, 0.3) is 10.9 Å². The number of aromatic nitrogens is 1. The molecule has 1 amide bonds. The van der Waals surface area contributed by atoms with Crippen molar-refractivity contribution in [1.29, 1.82) is 0 Å². The third-order valence-corrected chi connectivity index (χ3v) is 3.40. The molecule has 18 heavy (non-hydrogen) atoms. The van der Waals surface area contributed by atoms with Crippen molar-refractivity contribution in [3.8, 4) is 0 Å². The summed E-state index contributed by atoms with van der Waals surface area (Å²) in [5.74, 6) is 5.01. The number of carbonyl (C=O) groups excluding carboxylic acids is 1. The fourth-order valence-electron chi connectivity index (χ4n) is 2.02. The van der Waals surface area contributed by atoms with Crippen LogP contribution >= 0.6 is 11.6 Å². The van der Waals surface area contributed by atoms with E-state index in [9.17, 15) is 4.79 Å². The Balaban J connectivity index is 2.39. The van der Waals surface area contributed by atoms with Crippen LogP contribution in [0.5, 0.6) is 0 Å². The lowest BCUT2D eigenvalue weighted by atomic mass is 9.92. The molecule has 0 atom stereocenters. The summed E-state index contributed by atoms with van der Waals surface area (Å²) in [4.78, 5) is 11.7. The highest BCUT2D eigenvalue weighted by Gasteiger charge is 2.27. The zero-order chi connectivity index (χ0) is 13.3. The highest BCUT2D eigenvalue weighted by atomic mass is 35.5. The van der Waals surface area contributed by atoms with Crippen molar-refractivity contribution in [2.45, 2.75) is 20.4 Å². The number of hydrogen-bond acceptors (Lipinski definition) is 2. The molecule has 2 rings (SSSR count). The first-order valence-electron chi connectivity index (χ1n) is 5.70. The van der Waals surface area contributed by atoms with Gasteiger partial charge in [-0.2, -0.15) is 0 Å². The SMILES string of the molecule is CC(C)(Cn1ccc2c(Cl)cccc21)C(=O)NN. The van der Waals surface area contributed by atoms with Gasteiger partial charge in [-0.05, 0) is 32.0 Å². The van der Waals surface area contributed by atoms with Gasteiger partial charge in [0.2, 0.25) is 5.91 Å². The van der Waals surface area contributed by atoms with E-state index in [1.165, 1.54) is 0 Å². The molecular formula is C13H16ClN3O. The summed E-state index contributed by atoms with van der Waals surface area (Å²) in [6, 6.07) is 7.69. The van der Waals surface area contributed by atoms with E-state index in [1.54, 1.807) is 0 Å². The van der Waals surface area contributed by atoms with Crippen molar-refractivity contribution in [3.05, 3.63) is 35.5 Å². The predicted octanol–water partition coefficient (Wildman–Crippen LogP) is 2.31. The normalized spacial score (nSPS) is 11.8. The lowest BCUT2D eigenvalue weighted by Crippen LogP contribution is -2.43. The van der Waals surface area contributed by atoms with Gasteiger partial charge in [-0.25, -0.2) is 5.84 Å². The van der Waals surface area contributed by atoms with Gasteiger partial charge in [0, 0.05) is 28.7 Å². The zero-order valence-electron chi connectivity index (χ0n) is 10.4. The zero-order valence-corrected chi connectivity index (χ0v) is 11.2. The number of halogens is 1. The molecule has 0 saturated heterocycles. The topological polar surface area (TPSA) is 60.0 Å². The average molecular weight is 266 g/mol. The monoisotopic (exact) mass is 265 g/mol. The van der Waals surface area contributed by atoms with Crippen LogP contribution in [0.15, 0.2) is 30.5 Å². The molecule has 2 aromatic rings. The molecule has 0 aliphatic heterocycles. The second kappa shape index (κ2) is 4.63. The van der Waals surface area contributed by atoms with Crippen molar-refractivity contribution >= 4 is 28.4 Å². The van der Waals surface area contributed by atoms with Crippen molar-refractivity contribution in [2.24, 2.45) is 11.3 Å². The first kappa shape index (κ1) is 12.9. The molecule has 3 N–H and O–H groups in total. The minimum absolute atomic E-state index is 0.189. The number of carbonyl (C=O) groups is 1. The Morgan fingerprint density at radius 2 is 2.17 bits per heavy atom. The molecule has 1 aromatic carbocycles. The van der Waals surface area contributed by atoms with Crippen LogP contribution in [0.1, 0.15) is 13.8 Å². The van der Waals surface area contributed by atoms with E-state index in [0.717, 1.165) is 10.9 Å². The summed E-state index contributed by atoms with van der Waals surface area (Å²) in [5.41, 5.74) is 2.63. The highest BCUT2D eigenvalue weighted by molar-refractivity contribution is 6.35. The maximum absolute atomic E-state index is 11.7. The molecule has 0 unspecified atom stereocenters. The third kappa shape index (κ3) is 2.21. The lowest BCUT2D eigenvalue weighted by molar-refractivity contribution is -0.130. The maximum Gasteiger partial charge on any atom is 0.241 e. The number of hydrogen-bond donors (Lipinski definition) is 2. The van der Waals surface area contributed by atoms with Crippen LogP contribution in [-0.2, 0) is 11.3 Å². The first-order chi connectivity index (χ1) is 8.45. The van der Waals surface area contributed by atoms with E-state index in [2.05, 4.69) is 5.43 Å². The van der Waals surface area contributed by atoms with E-state index in [4.69, 9.17) is 17.4 Å². The van der Waals surface area contributed by atoms with Gasteiger partial charge >= 0.3 is 0 Å². The lowest BCUT2D eigenvalue weighted by Gasteiger charge is -2.23. The Morgan fingerprint density at radius 3 is 2.83 bits per heavy atom. The van der Waals surface area contributed by atoms with Crippen LogP contribution in [0.2, 0.25) is 5.02 Å². The quantitative estimate of drug-likeness (QED) is 0.508. The van der Waals surface area contributed by atoms with Crippen molar-refractivity contribution in [3.63, 3.8) is 0 Å². The molecule has 0 aliphatic carbocycles. The Labute approximate surface area is 111 Å². The number of nitrogens with one attached hydrogen (secondary N) is 1. The third-order valence-electron chi connectivity index (χ3n) is 3.07. The van der Waals surface area contributed by atoms with E-state index in [0.29, 0.717) is 11.6 Å². The van der Waals surface area contributed by atoms with Crippen LogP contribution < -0.4 is 11.3 Å². The van der Waals surface area contributed by atoms with Gasteiger partial charge in [0.15, 0.2) is 0 Å². The highest BCUT2D eigenvalue weighted by Crippen LogP contribution is 2.27. The summed E-state index contributed by atoms with van der Waals surface area (Å²) in [6.45, 7) is 4.25. The predicted molar refractivity (Wildman–Crippen MR) is 73.1 cm³/mol. The minimum Gasteiger partial charge on any atom is -0.346 e. The Kier molecular flexibility index (Phi) is 3.32. The molecule has 4 nitrogen and oxygen atoms in total. The second-order valence-electron chi connectivity index (χ2n) is 4.97. The number of amides is 1. The number of rotatable bonds is 3. The summed E-state index contributed by atoms with van der Waals surface area (Å²) in [5, 5.41) is 1.70. The minimum atomic E-state index is -0.580. The number of benzene rings is 1. The smallest absolute Gasteiger partial charge is 0.241 e. The Hall–Kier alpha value is -1.52. The largest absolute Gasteiger partial charge is 0.346 e. The fourth-order valence-corrected chi connectivity index (χ4v) is 2.25. The summed E-state index contributed by atoms with van der Waals surface area (Å²) in [6.07, 6.45) is 1.93. The van der Waals surface area contributed by atoms with Crippen molar-refractivity contribution < 1.29 is 4.79 Å². The van der Waals surface area contributed by atoms with Crippen LogP contribution in [0, 0.1) is 5.41 Å². The molecule has 0 aliphatic rings. The molecule has 0 bridgehead atoms. The molecular weight excluding hydrogens is 250 g/mol. The van der Waals surface area contributed by atoms with E-state index >= 15 is 0 Å². The molecule has 96 valence electrons. The molecule has 1 aromatic heterocycles. The fraction of sp³-hybridized carbons (Fsp3) is 0.308. The molecule has 1 heterocycles. The van der Waals surface area contributed by atoms with E-state index < -0.39 is 5.41 Å². The molecule has 0 saturated carbocycles.